The number of aryl methyl sites for hydroxylation is 1. The van der Waals surface area contributed by atoms with Crippen molar-refractivity contribution in [3.05, 3.63) is 53.6 Å². The predicted octanol–water partition coefficient (Wildman–Crippen LogP) is 1.24. The van der Waals surface area contributed by atoms with E-state index in [4.69, 9.17) is 15.6 Å². The summed E-state index contributed by atoms with van der Waals surface area (Å²) in [5.74, 6) is -1.75. The van der Waals surface area contributed by atoms with Crippen LogP contribution in [0, 0.1) is 0 Å². The summed E-state index contributed by atoms with van der Waals surface area (Å²) in [7, 11) is -4.28. The molecule has 2 rings (SSSR count). The number of carboxylic acids is 1. The van der Waals surface area contributed by atoms with E-state index in [0.29, 0.717) is 5.75 Å². The van der Waals surface area contributed by atoms with Crippen LogP contribution in [0.25, 0.3) is 0 Å². The normalized spacial score (nSPS) is 11.1. The number of sulfonamides is 1. The number of hydrogen-bond acceptors (Lipinski definition) is 5. The number of primary amides is 1. The minimum absolute atomic E-state index is 0.00113. The van der Waals surface area contributed by atoms with Gasteiger partial charge in [-0.1, -0.05) is 18.2 Å². The molecule has 0 fully saturated rings. The van der Waals surface area contributed by atoms with Crippen molar-refractivity contribution in [3.63, 3.8) is 0 Å². The van der Waals surface area contributed by atoms with Crippen molar-refractivity contribution >= 4 is 21.9 Å². The first kappa shape index (κ1) is 18.4. The summed E-state index contributed by atoms with van der Waals surface area (Å²) < 4.78 is 29.5. The van der Waals surface area contributed by atoms with E-state index in [0.717, 1.165) is 6.07 Å². The van der Waals surface area contributed by atoms with Crippen molar-refractivity contribution in [2.24, 2.45) is 10.9 Å². The number of carbonyl (C=O) groups is 2. The second-order valence-electron chi connectivity index (χ2n) is 5.19. The zero-order chi connectivity index (χ0) is 18.6. The Hall–Kier alpha value is -2.91. The highest BCUT2D eigenvalue weighted by atomic mass is 32.2. The molecule has 0 aliphatic carbocycles. The van der Waals surface area contributed by atoms with E-state index < -0.39 is 26.8 Å². The van der Waals surface area contributed by atoms with Gasteiger partial charge in [-0.05, 0) is 36.2 Å². The number of rotatable bonds is 7. The summed E-state index contributed by atoms with van der Waals surface area (Å²) in [6.45, 7) is 0. The molecule has 0 aliphatic heterocycles. The zero-order valence-corrected chi connectivity index (χ0v) is 13.8. The Balaban J connectivity index is 2.65. The lowest BCUT2D eigenvalue weighted by atomic mass is 10.0. The number of primary sulfonamides is 1. The quantitative estimate of drug-likeness (QED) is 0.672. The molecule has 0 unspecified atom stereocenters. The average Bonchev–Trinajstić information content (AvgIpc) is 2.53. The molecule has 8 nitrogen and oxygen atoms in total. The predicted molar refractivity (Wildman–Crippen MR) is 88.8 cm³/mol. The second kappa shape index (κ2) is 7.32. The van der Waals surface area contributed by atoms with Crippen LogP contribution in [0.2, 0.25) is 0 Å². The number of para-hydroxylation sites is 1. The van der Waals surface area contributed by atoms with Crippen molar-refractivity contribution in [2.45, 2.75) is 17.7 Å². The van der Waals surface area contributed by atoms with Gasteiger partial charge < -0.3 is 15.6 Å². The van der Waals surface area contributed by atoms with E-state index in [9.17, 15) is 23.1 Å². The molecule has 0 radical (unpaired) electrons. The van der Waals surface area contributed by atoms with Crippen LogP contribution >= 0.6 is 0 Å². The lowest BCUT2D eigenvalue weighted by Crippen LogP contribution is -2.17. The number of carboxylic acid groups (broad SMARTS) is 1. The fourth-order valence-electron chi connectivity index (χ4n) is 2.16. The Kier molecular flexibility index (Phi) is 5.40. The molecule has 0 saturated heterocycles. The summed E-state index contributed by atoms with van der Waals surface area (Å²) >= 11 is 0. The summed E-state index contributed by atoms with van der Waals surface area (Å²) in [6, 6.07) is 10.4. The monoisotopic (exact) mass is 364 g/mol. The molecule has 0 saturated carbocycles. The van der Waals surface area contributed by atoms with Crippen LogP contribution in [-0.4, -0.2) is 25.4 Å². The van der Waals surface area contributed by atoms with Gasteiger partial charge >= 0.3 is 5.97 Å². The van der Waals surface area contributed by atoms with Gasteiger partial charge in [-0.3, -0.25) is 4.79 Å². The lowest BCUT2D eigenvalue weighted by Gasteiger charge is -2.15. The van der Waals surface area contributed by atoms with E-state index in [1.165, 1.54) is 6.07 Å². The van der Waals surface area contributed by atoms with Crippen LogP contribution in [0.4, 0.5) is 0 Å². The van der Waals surface area contributed by atoms with Crippen molar-refractivity contribution < 1.29 is 27.9 Å². The molecule has 2 aromatic rings. The van der Waals surface area contributed by atoms with Crippen LogP contribution < -0.4 is 15.6 Å². The highest BCUT2D eigenvalue weighted by molar-refractivity contribution is 7.89. The van der Waals surface area contributed by atoms with Crippen molar-refractivity contribution in [1.29, 1.82) is 0 Å². The first-order valence-corrected chi connectivity index (χ1v) is 8.67. The molecule has 0 bridgehead atoms. The lowest BCUT2D eigenvalue weighted by molar-refractivity contribution is -0.117. The van der Waals surface area contributed by atoms with Gasteiger partial charge in [0.15, 0.2) is 5.75 Å². The van der Waals surface area contributed by atoms with Gasteiger partial charge in [-0.2, -0.15) is 0 Å². The van der Waals surface area contributed by atoms with E-state index in [-0.39, 0.29) is 29.7 Å². The number of amides is 1. The van der Waals surface area contributed by atoms with Crippen molar-refractivity contribution in [2.75, 3.05) is 0 Å². The molecule has 0 aliphatic rings. The maximum absolute atomic E-state index is 11.9. The molecular formula is C16H16N2O6S. The third-order valence-electron chi connectivity index (χ3n) is 3.29. The number of carbonyl (C=O) groups excluding carboxylic acids is 1. The minimum Gasteiger partial charge on any atom is -0.478 e. The van der Waals surface area contributed by atoms with E-state index >= 15 is 0 Å². The number of ether oxygens (including phenoxy) is 1. The Labute approximate surface area is 144 Å². The highest BCUT2D eigenvalue weighted by Gasteiger charge is 2.23. The molecule has 1 amide bonds. The first-order valence-electron chi connectivity index (χ1n) is 7.12. The Morgan fingerprint density at radius 2 is 1.76 bits per heavy atom. The largest absolute Gasteiger partial charge is 0.478 e. The Morgan fingerprint density at radius 1 is 1.12 bits per heavy atom. The van der Waals surface area contributed by atoms with Gasteiger partial charge in [0.1, 0.15) is 10.6 Å². The van der Waals surface area contributed by atoms with Crippen molar-refractivity contribution in [1.82, 2.24) is 0 Å². The number of benzene rings is 2. The van der Waals surface area contributed by atoms with Gasteiger partial charge in [-0.15, -0.1) is 0 Å². The second-order valence-corrected chi connectivity index (χ2v) is 6.72. The summed E-state index contributed by atoms with van der Waals surface area (Å²) in [4.78, 5) is 21.9. The topological polar surface area (TPSA) is 150 Å². The molecule has 5 N–H and O–H groups in total. The fraction of sp³-hybridized carbons (Fsp3) is 0.125. The van der Waals surface area contributed by atoms with E-state index in [1.54, 1.807) is 30.3 Å². The maximum atomic E-state index is 11.9. The van der Waals surface area contributed by atoms with Gasteiger partial charge in [0, 0.05) is 6.42 Å². The number of hydrogen-bond donors (Lipinski definition) is 3. The van der Waals surface area contributed by atoms with Gasteiger partial charge in [-0.25, -0.2) is 18.4 Å². The minimum atomic E-state index is -4.28. The molecule has 0 heterocycles. The smallest absolute Gasteiger partial charge is 0.335 e. The Morgan fingerprint density at radius 3 is 2.28 bits per heavy atom. The standard InChI is InChI=1S/C16H16N2O6S/c17-14(19)7-6-10-8-11(16(20)21)9-13(25(18,22)23)15(10)24-12-4-2-1-3-5-12/h1-5,8-9H,6-7H2,(H2,17,19)(H,20,21)(H2,18,22,23). The third kappa shape index (κ3) is 4.78. The third-order valence-corrected chi connectivity index (χ3v) is 4.21. The number of aromatic carboxylic acids is 1. The molecule has 0 spiro atoms. The SMILES string of the molecule is NC(=O)CCc1cc(C(=O)O)cc(S(N)(=O)=O)c1Oc1ccccc1. The van der Waals surface area contributed by atoms with E-state index in [2.05, 4.69) is 0 Å². The van der Waals surface area contributed by atoms with Gasteiger partial charge in [0.2, 0.25) is 15.9 Å². The molecule has 0 aromatic heterocycles. The van der Waals surface area contributed by atoms with E-state index in [1.807, 2.05) is 0 Å². The van der Waals surface area contributed by atoms with Crippen LogP contribution in [0.15, 0.2) is 47.4 Å². The zero-order valence-electron chi connectivity index (χ0n) is 13.0. The molecule has 9 heteroatoms. The highest BCUT2D eigenvalue weighted by Crippen LogP contribution is 2.34. The van der Waals surface area contributed by atoms with Crippen LogP contribution in [0.5, 0.6) is 11.5 Å². The molecule has 132 valence electrons. The first-order chi connectivity index (χ1) is 11.7. The van der Waals surface area contributed by atoms with Crippen LogP contribution in [0.3, 0.4) is 0 Å². The molecule has 25 heavy (non-hydrogen) atoms. The molecule has 2 aromatic carbocycles. The summed E-state index contributed by atoms with van der Waals surface area (Å²) in [5, 5.41) is 14.4. The van der Waals surface area contributed by atoms with Crippen molar-refractivity contribution in [3.8, 4) is 11.5 Å². The van der Waals surface area contributed by atoms with Gasteiger partial charge in [0.25, 0.3) is 0 Å². The fourth-order valence-corrected chi connectivity index (χ4v) is 2.88. The molecular weight excluding hydrogens is 348 g/mol. The average molecular weight is 364 g/mol. The maximum Gasteiger partial charge on any atom is 0.335 e. The summed E-state index contributed by atoms with van der Waals surface area (Å²) in [5.41, 5.74) is 5.04. The Bertz CT molecular complexity index is 910. The number of nitrogens with two attached hydrogens (primary N) is 2. The van der Waals surface area contributed by atoms with Gasteiger partial charge in [0.05, 0.1) is 5.56 Å². The van der Waals surface area contributed by atoms with Crippen LogP contribution in [-0.2, 0) is 21.2 Å². The molecule has 0 atom stereocenters. The van der Waals surface area contributed by atoms with Crippen LogP contribution in [0.1, 0.15) is 22.3 Å². The summed E-state index contributed by atoms with van der Waals surface area (Å²) in [6.07, 6.45) is -0.112.